The van der Waals surface area contributed by atoms with Crippen LogP contribution in [0.3, 0.4) is 0 Å². The average Bonchev–Trinajstić information content (AvgIpc) is 3.08. The average molecular weight is 344 g/mol. The Balaban J connectivity index is 1.28. The van der Waals surface area contributed by atoms with E-state index in [1.807, 2.05) is 12.1 Å². The standard InChI is InChI=1S/C21H29FN2O/c22-20-8-4-3-7-19(20)13-23-11-9-16(10-12-23)21(25)24-14-17-5-1-2-6-18(17)15-24/h3-4,7-8,16-18H,1-2,5-6,9-15H2. The Morgan fingerprint density at radius 2 is 1.64 bits per heavy atom. The fraction of sp³-hybridized carbons (Fsp3) is 0.667. The van der Waals surface area contributed by atoms with Crippen LogP contribution in [0.2, 0.25) is 0 Å². The largest absolute Gasteiger partial charge is 0.342 e. The van der Waals surface area contributed by atoms with Crippen LogP contribution < -0.4 is 0 Å². The predicted molar refractivity (Wildman–Crippen MR) is 96.4 cm³/mol. The summed E-state index contributed by atoms with van der Waals surface area (Å²) in [4.78, 5) is 17.4. The molecule has 0 bridgehead atoms. The van der Waals surface area contributed by atoms with Gasteiger partial charge in [0.15, 0.2) is 0 Å². The lowest BCUT2D eigenvalue weighted by Gasteiger charge is -2.33. The van der Waals surface area contributed by atoms with Crippen molar-refractivity contribution in [2.75, 3.05) is 26.2 Å². The minimum absolute atomic E-state index is 0.125. The van der Waals surface area contributed by atoms with Crippen molar-refractivity contribution >= 4 is 5.91 Å². The Kier molecular flexibility index (Phi) is 5.07. The number of piperidine rings is 1. The van der Waals surface area contributed by atoms with E-state index >= 15 is 0 Å². The van der Waals surface area contributed by atoms with Crippen LogP contribution in [0, 0.1) is 23.6 Å². The van der Waals surface area contributed by atoms with Crippen LogP contribution in [0.5, 0.6) is 0 Å². The van der Waals surface area contributed by atoms with E-state index in [2.05, 4.69) is 9.80 Å². The Morgan fingerprint density at radius 1 is 1.00 bits per heavy atom. The third-order valence-corrected chi connectivity index (χ3v) is 6.58. The number of likely N-dealkylation sites (tertiary alicyclic amines) is 2. The van der Waals surface area contributed by atoms with Gasteiger partial charge in [0.25, 0.3) is 0 Å². The van der Waals surface area contributed by atoms with Gasteiger partial charge < -0.3 is 4.90 Å². The Hall–Kier alpha value is -1.42. The molecule has 1 aromatic rings. The zero-order chi connectivity index (χ0) is 17.2. The topological polar surface area (TPSA) is 23.6 Å². The van der Waals surface area contributed by atoms with E-state index in [1.165, 1.54) is 31.7 Å². The quantitative estimate of drug-likeness (QED) is 0.835. The number of nitrogens with zero attached hydrogens (tertiary/aromatic N) is 2. The lowest BCUT2D eigenvalue weighted by atomic mass is 9.82. The molecule has 1 aromatic carbocycles. The third-order valence-electron chi connectivity index (χ3n) is 6.58. The molecule has 1 amide bonds. The van der Waals surface area contributed by atoms with Crippen molar-refractivity contribution < 1.29 is 9.18 Å². The summed E-state index contributed by atoms with van der Waals surface area (Å²) in [5.41, 5.74) is 0.760. The molecule has 2 saturated heterocycles. The number of rotatable bonds is 3. The second-order valence-corrected chi connectivity index (χ2v) is 8.19. The number of hydrogen-bond donors (Lipinski definition) is 0. The van der Waals surface area contributed by atoms with Crippen LogP contribution in [0.25, 0.3) is 0 Å². The van der Waals surface area contributed by atoms with Gasteiger partial charge in [0.05, 0.1) is 0 Å². The summed E-state index contributed by atoms with van der Waals surface area (Å²) in [6.45, 7) is 4.44. The highest BCUT2D eigenvalue weighted by molar-refractivity contribution is 5.79. The molecule has 2 atom stereocenters. The molecule has 2 heterocycles. The lowest BCUT2D eigenvalue weighted by Crippen LogP contribution is -2.41. The summed E-state index contributed by atoms with van der Waals surface area (Å²) < 4.78 is 13.8. The molecule has 4 rings (SSSR count). The van der Waals surface area contributed by atoms with E-state index in [1.54, 1.807) is 6.07 Å². The van der Waals surface area contributed by atoms with Gasteiger partial charge >= 0.3 is 0 Å². The molecule has 0 radical (unpaired) electrons. The molecule has 0 N–H and O–H groups in total. The zero-order valence-corrected chi connectivity index (χ0v) is 15.0. The van der Waals surface area contributed by atoms with Crippen molar-refractivity contribution in [3.63, 3.8) is 0 Å². The van der Waals surface area contributed by atoms with E-state index in [9.17, 15) is 9.18 Å². The fourth-order valence-corrected chi connectivity index (χ4v) is 5.05. The first-order valence-corrected chi connectivity index (χ1v) is 9.95. The fourth-order valence-electron chi connectivity index (χ4n) is 5.05. The number of halogens is 1. The van der Waals surface area contributed by atoms with Crippen LogP contribution in [0.4, 0.5) is 4.39 Å². The van der Waals surface area contributed by atoms with E-state index < -0.39 is 0 Å². The van der Waals surface area contributed by atoms with E-state index in [0.717, 1.165) is 56.4 Å². The summed E-state index contributed by atoms with van der Waals surface area (Å²) >= 11 is 0. The Morgan fingerprint density at radius 3 is 2.28 bits per heavy atom. The monoisotopic (exact) mass is 344 g/mol. The van der Waals surface area contributed by atoms with Gasteiger partial charge in [0.1, 0.15) is 5.82 Å². The number of benzene rings is 1. The predicted octanol–water partition coefficient (Wildman–Crippen LogP) is 3.69. The molecule has 0 spiro atoms. The molecule has 136 valence electrons. The zero-order valence-electron chi connectivity index (χ0n) is 15.0. The molecule has 3 aliphatic rings. The van der Waals surface area contributed by atoms with Gasteiger partial charge in [-0.1, -0.05) is 31.0 Å². The third kappa shape index (κ3) is 3.74. The molecular formula is C21H29FN2O. The van der Waals surface area contributed by atoms with Gasteiger partial charge in [-0.25, -0.2) is 4.39 Å². The summed E-state index contributed by atoms with van der Waals surface area (Å²) in [6.07, 6.45) is 7.15. The maximum absolute atomic E-state index is 13.8. The maximum Gasteiger partial charge on any atom is 0.225 e. The van der Waals surface area contributed by atoms with Crippen molar-refractivity contribution in [3.8, 4) is 0 Å². The van der Waals surface area contributed by atoms with Crippen molar-refractivity contribution in [1.29, 1.82) is 0 Å². The molecule has 2 aliphatic heterocycles. The van der Waals surface area contributed by atoms with Crippen molar-refractivity contribution in [1.82, 2.24) is 9.80 Å². The highest BCUT2D eigenvalue weighted by atomic mass is 19.1. The smallest absolute Gasteiger partial charge is 0.225 e. The molecule has 4 heteroatoms. The molecule has 1 aliphatic carbocycles. The highest BCUT2D eigenvalue weighted by Crippen LogP contribution is 2.37. The van der Waals surface area contributed by atoms with Crippen molar-refractivity contribution in [3.05, 3.63) is 35.6 Å². The Bertz CT molecular complexity index is 598. The summed E-state index contributed by atoms with van der Waals surface area (Å²) in [7, 11) is 0. The normalized spacial score (nSPS) is 28.1. The SMILES string of the molecule is O=C(C1CCN(Cc2ccccc2F)CC1)N1CC2CCCCC2C1. The van der Waals surface area contributed by atoms with Gasteiger partial charge in [-0.3, -0.25) is 9.69 Å². The first-order valence-electron chi connectivity index (χ1n) is 9.95. The number of carbonyl (C=O) groups is 1. The maximum atomic E-state index is 13.8. The van der Waals surface area contributed by atoms with Crippen LogP contribution >= 0.6 is 0 Å². The minimum atomic E-state index is -0.125. The van der Waals surface area contributed by atoms with E-state index in [0.29, 0.717) is 12.5 Å². The van der Waals surface area contributed by atoms with Gasteiger partial charge in [0.2, 0.25) is 5.91 Å². The van der Waals surface area contributed by atoms with Crippen LogP contribution in [0.15, 0.2) is 24.3 Å². The molecule has 25 heavy (non-hydrogen) atoms. The number of fused-ring (bicyclic) bond motifs is 1. The van der Waals surface area contributed by atoms with Crippen molar-refractivity contribution in [2.24, 2.45) is 17.8 Å². The van der Waals surface area contributed by atoms with Gasteiger partial charge in [0, 0.05) is 31.1 Å². The van der Waals surface area contributed by atoms with Crippen molar-refractivity contribution in [2.45, 2.75) is 45.1 Å². The van der Waals surface area contributed by atoms with E-state index in [-0.39, 0.29) is 11.7 Å². The minimum Gasteiger partial charge on any atom is -0.342 e. The second kappa shape index (κ2) is 7.45. The molecule has 0 aromatic heterocycles. The Labute approximate surface area is 150 Å². The molecule has 2 unspecified atom stereocenters. The molecule has 1 saturated carbocycles. The molecular weight excluding hydrogens is 315 g/mol. The van der Waals surface area contributed by atoms with Gasteiger partial charge in [-0.2, -0.15) is 0 Å². The van der Waals surface area contributed by atoms with Crippen LogP contribution in [0.1, 0.15) is 44.1 Å². The van der Waals surface area contributed by atoms with E-state index in [4.69, 9.17) is 0 Å². The molecule has 3 fully saturated rings. The summed E-state index contributed by atoms with van der Waals surface area (Å²) in [5.74, 6) is 1.97. The molecule has 3 nitrogen and oxygen atoms in total. The van der Waals surface area contributed by atoms with Crippen LogP contribution in [-0.2, 0) is 11.3 Å². The second-order valence-electron chi connectivity index (χ2n) is 8.19. The number of amides is 1. The summed E-state index contributed by atoms with van der Waals surface area (Å²) in [6, 6.07) is 7.01. The first kappa shape index (κ1) is 17.0. The first-order chi connectivity index (χ1) is 12.2. The lowest BCUT2D eigenvalue weighted by molar-refractivity contribution is -0.136. The van der Waals surface area contributed by atoms with Gasteiger partial charge in [-0.05, 0) is 56.7 Å². The summed E-state index contributed by atoms with van der Waals surface area (Å²) in [5, 5.41) is 0. The van der Waals surface area contributed by atoms with Crippen LogP contribution in [-0.4, -0.2) is 41.9 Å². The highest BCUT2D eigenvalue weighted by Gasteiger charge is 2.38. The van der Waals surface area contributed by atoms with Gasteiger partial charge in [-0.15, -0.1) is 0 Å². The number of hydrogen-bond acceptors (Lipinski definition) is 2. The number of carbonyl (C=O) groups excluding carboxylic acids is 1.